The molecular formula is C18H13ClN6OS. The van der Waals surface area contributed by atoms with Gasteiger partial charge in [0.05, 0.1) is 23.1 Å². The third-order valence-electron chi connectivity index (χ3n) is 3.84. The smallest absolute Gasteiger partial charge is 0.260 e. The van der Waals surface area contributed by atoms with E-state index in [0.29, 0.717) is 32.1 Å². The van der Waals surface area contributed by atoms with Gasteiger partial charge in [0.15, 0.2) is 5.01 Å². The number of benzene rings is 1. The van der Waals surface area contributed by atoms with Crippen LogP contribution in [0.15, 0.2) is 54.9 Å². The van der Waals surface area contributed by atoms with E-state index < -0.39 is 0 Å². The molecule has 3 aromatic heterocycles. The fourth-order valence-electron chi connectivity index (χ4n) is 2.53. The number of nitrogens with one attached hydrogen (secondary N) is 1. The minimum absolute atomic E-state index is 0.301. The lowest BCUT2D eigenvalue weighted by atomic mass is 10.2. The lowest BCUT2D eigenvalue weighted by Crippen LogP contribution is -2.13. The summed E-state index contributed by atoms with van der Waals surface area (Å²) in [5.74, 6) is -0.301. The van der Waals surface area contributed by atoms with Crippen LogP contribution in [0.2, 0.25) is 5.02 Å². The number of anilines is 1. The average molecular weight is 397 g/mol. The maximum Gasteiger partial charge on any atom is 0.260 e. The molecule has 0 fully saturated rings. The van der Waals surface area contributed by atoms with Gasteiger partial charge in [0.25, 0.3) is 5.91 Å². The molecule has 9 heteroatoms. The van der Waals surface area contributed by atoms with Crippen molar-refractivity contribution in [1.82, 2.24) is 25.0 Å². The van der Waals surface area contributed by atoms with Gasteiger partial charge in [-0.3, -0.25) is 15.1 Å². The van der Waals surface area contributed by atoms with Crippen LogP contribution in [0, 0.1) is 6.92 Å². The van der Waals surface area contributed by atoms with E-state index in [1.54, 1.807) is 23.0 Å². The highest BCUT2D eigenvalue weighted by Gasteiger charge is 2.17. The number of halogens is 1. The van der Waals surface area contributed by atoms with Gasteiger partial charge in [-0.2, -0.15) is 5.10 Å². The number of carbonyl (C=O) groups excluding carboxylic acids is 1. The predicted molar refractivity (Wildman–Crippen MR) is 104 cm³/mol. The summed E-state index contributed by atoms with van der Waals surface area (Å²) in [5, 5.41) is 16.8. The predicted octanol–water partition coefficient (Wildman–Crippen LogP) is 4.00. The third kappa shape index (κ3) is 3.57. The second-order valence-electron chi connectivity index (χ2n) is 5.62. The Morgan fingerprint density at radius 1 is 1.19 bits per heavy atom. The zero-order valence-corrected chi connectivity index (χ0v) is 15.7. The second-order valence-corrected chi connectivity index (χ2v) is 7.03. The summed E-state index contributed by atoms with van der Waals surface area (Å²) in [6.45, 7) is 1.82. The second kappa shape index (κ2) is 7.26. The normalized spacial score (nSPS) is 10.7. The van der Waals surface area contributed by atoms with Crippen molar-refractivity contribution in [3.05, 3.63) is 71.1 Å². The standard InChI is InChI=1S/C18H13ClN6OS/c1-11-14(10-21-25(11)13-6-4-5-12(19)9-13)16(26)22-18-24-23-17(27-18)15-7-2-3-8-20-15/h2-10H,1H3,(H,22,24,26). The van der Waals surface area contributed by atoms with Crippen LogP contribution in [-0.4, -0.2) is 30.9 Å². The van der Waals surface area contributed by atoms with Crippen LogP contribution in [-0.2, 0) is 0 Å². The van der Waals surface area contributed by atoms with Gasteiger partial charge in [-0.25, -0.2) is 4.68 Å². The molecule has 1 N–H and O–H groups in total. The van der Waals surface area contributed by atoms with E-state index in [4.69, 9.17) is 11.6 Å². The van der Waals surface area contributed by atoms with Gasteiger partial charge in [0, 0.05) is 11.2 Å². The minimum Gasteiger partial charge on any atom is -0.296 e. The Morgan fingerprint density at radius 2 is 2.07 bits per heavy atom. The van der Waals surface area contributed by atoms with E-state index in [2.05, 4.69) is 25.6 Å². The molecule has 1 amide bonds. The molecule has 0 bridgehead atoms. The highest BCUT2D eigenvalue weighted by Crippen LogP contribution is 2.25. The Labute approximate surface area is 163 Å². The zero-order chi connectivity index (χ0) is 18.8. The van der Waals surface area contributed by atoms with Gasteiger partial charge >= 0.3 is 0 Å². The first-order valence-electron chi connectivity index (χ1n) is 7.98. The number of amides is 1. The molecule has 0 saturated heterocycles. The monoisotopic (exact) mass is 396 g/mol. The van der Waals surface area contributed by atoms with Crippen LogP contribution < -0.4 is 5.32 Å². The van der Waals surface area contributed by atoms with Gasteiger partial charge in [-0.1, -0.05) is 35.1 Å². The lowest BCUT2D eigenvalue weighted by Gasteiger charge is -2.05. The van der Waals surface area contributed by atoms with E-state index >= 15 is 0 Å². The Hall–Kier alpha value is -3.10. The van der Waals surface area contributed by atoms with E-state index in [0.717, 1.165) is 5.69 Å². The molecule has 3 heterocycles. The van der Waals surface area contributed by atoms with Crippen LogP contribution >= 0.6 is 22.9 Å². The van der Waals surface area contributed by atoms with E-state index in [1.165, 1.54) is 17.5 Å². The third-order valence-corrected chi connectivity index (χ3v) is 4.93. The highest BCUT2D eigenvalue weighted by molar-refractivity contribution is 7.18. The Kier molecular flexibility index (Phi) is 4.66. The van der Waals surface area contributed by atoms with Gasteiger partial charge < -0.3 is 0 Å². The molecule has 0 unspecified atom stereocenters. The van der Waals surface area contributed by atoms with E-state index in [-0.39, 0.29) is 5.91 Å². The average Bonchev–Trinajstić information content (AvgIpc) is 3.29. The number of hydrogen-bond acceptors (Lipinski definition) is 6. The fraction of sp³-hybridized carbons (Fsp3) is 0.0556. The van der Waals surface area contributed by atoms with Crippen LogP contribution in [0.25, 0.3) is 16.4 Å². The molecule has 0 radical (unpaired) electrons. The first-order valence-corrected chi connectivity index (χ1v) is 9.18. The molecule has 4 rings (SSSR count). The summed E-state index contributed by atoms with van der Waals surface area (Å²) in [5.41, 5.74) is 2.64. The van der Waals surface area contributed by atoms with E-state index in [1.807, 2.05) is 37.3 Å². The number of rotatable bonds is 4. The molecule has 1 aromatic carbocycles. The van der Waals surface area contributed by atoms with Crippen molar-refractivity contribution in [1.29, 1.82) is 0 Å². The summed E-state index contributed by atoms with van der Waals surface area (Å²) >= 11 is 7.30. The quantitative estimate of drug-likeness (QED) is 0.563. The van der Waals surface area contributed by atoms with Crippen molar-refractivity contribution >= 4 is 34.0 Å². The molecule has 27 heavy (non-hydrogen) atoms. The van der Waals surface area contributed by atoms with Gasteiger partial charge in [-0.05, 0) is 37.3 Å². The first kappa shape index (κ1) is 17.3. The minimum atomic E-state index is -0.301. The number of hydrogen-bond donors (Lipinski definition) is 1. The SMILES string of the molecule is Cc1c(C(=O)Nc2nnc(-c3ccccn3)s2)cnn1-c1cccc(Cl)c1. The molecule has 0 aliphatic carbocycles. The highest BCUT2D eigenvalue weighted by atomic mass is 35.5. The van der Waals surface area contributed by atoms with Gasteiger partial charge in [0.2, 0.25) is 5.13 Å². The van der Waals surface area contributed by atoms with Crippen molar-refractivity contribution in [2.75, 3.05) is 5.32 Å². The fourth-order valence-corrected chi connectivity index (χ4v) is 3.43. The maximum absolute atomic E-state index is 12.6. The molecule has 134 valence electrons. The molecule has 0 saturated carbocycles. The van der Waals surface area contributed by atoms with Gasteiger partial charge in [-0.15, -0.1) is 10.2 Å². The van der Waals surface area contributed by atoms with Crippen molar-refractivity contribution in [2.45, 2.75) is 6.92 Å². The molecular weight excluding hydrogens is 384 g/mol. The largest absolute Gasteiger partial charge is 0.296 e. The summed E-state index contributed by atoms with van der Waals surface area (Å²) in [7, 11) is 0. The summed E-state index contributed by atoms with van der Waals surface area (Å²) in [6.07, 6.45) is 3.20. The van der Waals surface area contributed by atoms with Crippen LogP contribution in [0.1, 0.15) is 16.1 Å². The van der Waals surface area contributed by atoms with Crippen LogP contribution in [0.5, 0.6) is 0 Å². The number of nitrogens with zero attached hydrogens (tertiary/aromatic N) is 5. The Balaban J connectivity index is 1.55. The molecule has 0 atom stereocenters. The lowest BCUT2D eigenvalue weighted by molar-refractivity contribution is 0.102. The van der Waals surface area contributed by atoms with Crippen molar-refractivity contribution < 1.29 is 4.79 Å². The zero-order valence-electron chi connectivity index (χ0n) is 14.1. The van der Waals surface area contributed by atoms with Crippen LogP contribution in [0.3, 0.4) is 0 Å². The first-order chi connectivity index (χ1) is 13.1. The van der Waals surface area contributed by atoms with Crippen molar-refractivity contribution in [3.8, 4) is 16.4 Å². The van der Waals surface area contributed by atoms with Crippen LogP contribution in [0.4, 0.5) is 5.13 Å². The topological polar surface area (TPSA) is 85.6 Å². The van der Waals surface area contributed by atoms with E-state index in [9.17, 15) is 4.79 Å². The molecule has 0 aliphatic rings. The number of pyridine rings is 1. The Bertz CT molecular complexity index is 1110. The molecule has 4 aromatic rings. The number of aromatic nitrogens is 5. The van der Waals surface area contributed by atoms with Crippen molar-refractivity contribution in [2.24, 2.45) is 0 Å². The summed E-state index contributed by atoms with van der Waals surface area (Å²) in [4.78, 5) is 16.9. The molecule has 7 nitrogen and oxygen atoms in total. The Morgan fingerprint density at radius 3 is 2.85 bits per heavy atom. The maximum atomic E-state index is 12.6. The number of carbonyl (C=O) groups is 1. The van der Waals surface area contributed by atoms with Crippen molar-refractivity contribution in [3.63, 3.8) is 0 Å². The molecule has 0 spiro atoms. The molecule has 0 aliphatic heterocycles. The summed E-state index contributed by atoms with van der Waals surface area (Å²) in [6, 6.07) is 12.8. The summed E-state index contributed by atoms with van der Waals surface area (Å²) < 4.78 is 1.67. The van der Waals surface area contributed by atoms with Gasteiger partial charge in [0.1, 0.15) is 5.69 Å².